The summed E-state index contributed by atoms with van der Waals surface area (Å²) in [7, 11) is 0. The van der Waals surface area contributed by atoms with Gasteiger partial charge in [-0.05, 0) is 41.9 Å². The molecule has 1 aromatic carbocycles. The summed E-state index contributed by atoms with van der Waals surface area (Å²) in [5.41, 5.74) is 6.24. The first-order valence-electron chi connectivity index (χ1n) is 6.14. The Balaban J connectivity index is -0.0000000421. The van der Waals surface area contributed by atoms with Gasteiger partial charge in [0.15, 0.2) is 0 Å². The third-order valence-corrected chi connectivity index (χ3v) is 3.85. The van der Waals surface area contributed by atoms with E-state index in [9.17, 15) is 0 Å². The van der Waals surface area contributed by atoms with Crippen molar-refractivity contribution in [1.82, 2.24) is 0 Å². The molecule has 120 valence electrons. The average molecular weight is 1110 g/mol. The topological polar surface area (TPSA) is 0 Å². The molecule has 0 heterocycles. The van der Waals surface area contributed by atoms with Crippen LogP contribution in [0.15, 0.2) is 42.0 Å². The third kappa shape index (κ3) is 19.4. The van der Waals surface area contributed by atoms with Crippen molar-refractivity contribution in [1.29, 1.82) is 0 Å². The Morgan fingerprint density at radius 2 is 1.22 bits per heavy atom. The first-order valence-corrected chi connectivity index (χ1v) is 6.14. The van der Waals surface area contributed by atoms with Crippen LogP contribution in [-0.4, -0.2) is 0 Å². The summed E-state index contributed by atoms with van der Waals surface area (Å²) in [5, 5.41) is 0. The Bertz CT molecular complexity index is 488. The molecule has 10 heteroatoms. The normalized spacial score (nSPS) is 13.6. The summed E-state index contributed by atoms with van der Waals surface area (Å²) in [4.78, 5) is 0. The number of allylic oxidation sites excluding steroid dienone is 4. The number of hydrogen-bond donors (Lipinski definition) is 0. The number of hydrogen-bond acceptors (Lipinski definition) is 0. The van der Waals surface area contributed by atoms with Crippen LogP contribution in [0.2, 0.25) is 0 Å². The predicted molar refractivity (Wildman–Crippen MR) is 75.5 cm³/mol. The first kappa shape index (κ1) is 61.0. The van der Waals surface area contributed by atoms with Crippen molar-refractivity contribution < 1.29 is 327 Å². The molecule has 3 rings (SSSR count). The van der Waals surface area contributed by atoms with Gasteiger partial charge in [-0.1, -0.05) is 42.0 Å². The van der Waals surface area contributed by atoms with Crippen molar-refractivity contribution >= 4 is 5.57 Å². The van der Waals surface area contributed by atoms with Gasteiger partial charge in [-0.25, -0.2) is 0 Å². The van der Waals surface area contributed by atoms with Crippen molar-refractivity contribution in [3.05, 3.63) is 67.5 Å². The van der Waals surface area contributed by atoms with Crippen LogP contribution in [-0.2, 0) is 327 Å². The molecule has 0 aromatic heterocycles. The molecular formula is C17H20Y10-2. The van der Waals surface area contributed by atoms with Crippen LogP contribution in [0.1, 0.15) is 42.7 Å². The Kier molecular flexibility index (Phi) is 80.7. The van der Waals surface area contributed by atoms with Gasteiger partial charge in [0, 0.05) is 327 Å². The van der Waals surface area contributed by atoms with Crippen molar-refractivity contribution in [3.8, 4) is 0 Å². The van der Waals surface area contributed by atoms with E-state index in [4.69, 9.17) is 0 Å². The van der Waals surface area contributed by atoms with E-state index in [1.807, 2.05) is 0 Å². The van der Waals surface area contributed by atoms with Gasteiger partial charge >= 0.3 is 0 Å². The van der Waals surface area contributed by atoms with E-state index in [2.05, 4.69) is 43.3 Å². The van der Waals surface area contributed by atoms with E-state index < -0.39 is 0 Å². The van der Waals surface area contributed by atoms with Crippen LogP contribution < -0.4 is 0 Å². The number of benzene rings is 1. The molecule has 2 aliphatic carbocycles. The minimum atomic E-state index is 0. The smallest absolute Gasteiger partial charge is 0 e. The molecule has 1 atom stereocenters. The average Bonchev–Trinajstić information content (AvgIpc) is 2.38. The fourth-order valence-corrected chi connectivity index (χ4v) is 2.99. The predicted octanol–water partition coefficient (Wildman–Crippen LogP) is 4.93. The van der Waals surface area contributed by atoms with Crippen molar-refractivity contribution in [3.63, 3.8) is 0 Å². The zero-order valence-electron chi connectivity index (χ0n) is 16.4. The molecule has 0 saturated carbocycles. The molecule has 0 saturated heterocycles. The van der Waals surface area contributed by atoms with E-state index in [0.29, 0.717) is 5.92 Å². The van der Waals surface area contributed by atoms with Crippen LogP contribution in [0.3, 0.4) is 0 Å². The Morgan fingerprint density at radius 1 is 0.741 bits per heavy atom. The fourth-order valence-electron chi connectivity index (χ4n) is 2.99. The Morgan fingerprint density at radius 3 is 1.74 bits per heavy atom. The second-order valence-electron chi connectivity index (χ2n) is 4.74. The van der Waals surface area contributed by atoms with E-state index in [-0.39, 0.29) is 335 Å². The molecule has 1 aromatic rings. The van der Waals surface area contributed by atoms with E-state index in [1.165, 1.54) is 17.5 Å². The van der Waals surface area contributed by atoms with Gasteiger partial charge in [0.2, 0.25) is 0 Å². The maximum Gasteiger partial charge on any atom is 0 e. The van der Waals surface area contributed by atoms with Gasteiger partial charge in [-0.2, -0.15) is 6.42 Å². The zero-order valence-corrected chi connectivity index (χ0v) is 44.7. The number of rotatable bonds is 1. The fraction of sp³-hybridized carbons (Fsp3) is 0.294. The zero-order chi connectivity index (χ0) is 11.0. The molecule has 27 heavy (non-hydrogen) atoms. The summed E-state index contributed by atoms with van der Waals surface area (Å²) < 4.78 is 0. The molecule has 0 amide bonds. The van der Waals surface area contributed by atoms with Gasteiger partial charge in [-0.15, -0.1) is 0 Å². The van der Waals surface area contributed by atoms with Crippen LogP contribution >= 0.6 is 0 Å². The molecule has 0 N–H and O–H groups in total. The van der Waals surface area contributed by atoms with Crippen LogP contribution in [0.4, 0.5) is 0 Å². The number of fused-ring (bicyclic) bond motifs is 2. The van der Waals surface area contributed by atoms with E-state index >= 15 is 0 Å². The largest absolute Gasteiger partial charge is 0.358 e. The summed E-state index contributed by atoms with van der Waals surface area (Å²) in [5.74, 6) is 0.640. The maximum atomic E-state index is 4.11. The van der Waals surface area contributed by atoms with Gasteiger partial charge in [0.25, 0.3) is 0 Å². The molecular weight excluding hydrogens is 1090 g/mol. The van der Waals surface area contributed by atoms with Gasteiger partial charge in [-0.3, -0.25) is 0 Å². The first-order chi connectivity index (χ1) is 7.90. The monoisotopic (exact) mass is 1110 g/mol. The molecule has 0 bridgehead atoms. The maximum absolute atomic E-state index is 4.11. The minimum Gasteiger partial charge on any atom is -0.358 e. The van der Waals surface area contributed by atoms with Crippen molar-refractivity contribution in [2.45, 2.75) is 31.6 Å². The SMILES string of the molecule is [CH2-]CC1CC2=C(CC=CC2)c2ccccc21.[CH3-].[Y].[Y].[Y].[Y].[Y].[Y].[Y].[Y].[Y].[Y]. The summed E-state index contributed by atoms with van der Waals surface area (Å²) in [6, 6.07) is 8.89. The van der Waals surface area contributed by atoms with Crippen LogP contribution in [0.5, 0.6) is 0 Å². The summed E-state index contributed by atoms with van der Waals surface area (Å²) in [6.45, 7) is 4.11. The molecule has 10 radical (unpaired) electrons. The summed E-state index contributed by atoms with van der Waals surface area (Å²) >= 11 is 0. The van der Waals surface area contributed by atoms with Crippen molar-refractivity contribution in [2.75, 3.05) is 0 Å². The van der Waals surface area contributed by atoms with Crippen molar-refractivity contribution in [2.24, 2.45) is 0 Å². The second-order valence-corrected chi connectivity index (χ2v) is 4.74. The second kappa shape index (κ2) is 35.7. The Hall–Kier alpha value is 9.74. The third-order valence-electron chi connectivity index (χ3n) is 3.85. The van der Waals surface area contributed by atoms with E-state index in [1.54, 1.807) is 11.1 Å². The molecule has 0 nitrogen and oxygen atoms in total. The van der Waals surface area contributed by atoms with E-state index in [0.717, 1.165) is 19.3 Å². The molecule has 0 spiro atoms. The van der Waals surface area contributed by atoms with Gasteiger partial charge < -0.3 is 14.4 Å². The summed E-state index contributed by atoms with van der Waals surface area (Å²) in [6.07, 6.45) is 9.13. The molecule has 2 aliphatic rings. The van der Waals surface area contributed by atoms with Crippen LogP contribution in [0, 0.1) is 14.4 Å². The molecule has 0 aliphatic heterocycles. The van der Waals surface area contributed by atoms with Gasteiger partial charge in [0.05, 0.1) is 0 Å². The molecule has 0 fully saturated rings. The van der Waals surface area contributed by atoms with Gasteiger partial charge in [0.1, 0.15) is 0 Å². The van der Waals surface area contributed by atoms with Crippen LogP contribution in [0.25, 0.3) is 5.57 Å². The minimum absolute atomic E-state index is 0. The quantitative estimate of drug-likeness (QED) is 0.277. The standard InChI is InChI=1S/C16H17.CH3.10Y/c1-2-12-11-13-7-3-4-9-15(13)16-10-6-5-8-14(12)16;;;;;;;;;;;/h3-6,8,10,12H,1-2,7,9,11H2;1H3;;;;;;;;;;/q2*-1;;;;;;;;;;. The molecule has 1 unspecified atom stereocenters. The Labute approximate surface area is 419 Å².